The first-order chi connectivity index (χ1) is 17.7. The Kier molecular flexibility index (Phi) is 14.0. The molecule has 0 radical (unpaired) electrons. The Hall–Kier alpha value is -0.818. The zero-order valence-electron chi connectivity index (χ0n) is 20.3. The third-order valence-corrected chi connectivity index (χ3v) is 8.01. The molecule has 2 aliphatic heterocycles. The Balaban J connectivity index is 0.00000400. The van der Waals surface area contributed by atoms with Crippen LogP contribution in [-0.4, -0.2) is 113 Å². The molecule has 9 N–H and O–H groups in total. The fourth-order valence-electron chi connectivity index (χ4n) is 3.59. The van der Waals surface area contributed by atoms with Crippen molar-refractivity contribution in [2.24, 2.45) is 0 Å². The predicted molar refractivity (Wildman–Crippen MR) is 122 cm³/mol. The molecular formula is C17H27N3O17P2U. The van der Waals surface area contributed by atoms with E-state index in [0.29, 0.717) is 0 Å². The van der Waals surface area contributed by atoms with Crippen LogP contribution in [-0.2, 0) is 36.8 Å². The molecule has 0 aromatic carbocycles. The summed E-state index contributed by atoms with van der Waals surface area (Å²) in [6, 6.07) is -0.821. The number of phosphoric acid groups is 2. The predicted octanol–water partition coefficient (Wildman–Crippen LogP) is -4.68. The molecule has 23 heteroatoms. The van der Waals surface area contributed by atoms with Gasteiger partial charge in [0, 0.05) is 12.3 Å². The van der Waals surface area contributed by atoms with Gasteiger partial charge in [-0.1, -0.05) is 0 Å². The van der Waals surface area contributed by atoms with Gasteiger partial charge in [-0.15, -0.1) is 0 Å². The Morgan fingerprint density at radius 1 is 1.02 bits per heavy atom. The smallest absolute Gasteiger partial charge is 0.521 e. The number of aliphatic hydroxyl groups excluding tert-OH is 5. The molecule has 1 amide bonds. The summed E-state index contributed by atoms with van der Waals surface area (Å²) < 4.78 is 48.8. The van der Waals surface area contributed by atoms with Crippen molar-refractivity contribution in [3.05, 3.63) is 40.5 Å². The van der Waals surface area contributed by atoms with E-state index in [1.807, 2.05) is 10.3 Å². The van der Waals surface area contributed by atoms with E-state index in [-0.39, 0.29) is 38.5 Å². The monoisotopic (exact) mass is 845 g/mol. The average Bonchev–Trinajstić information content (AvgIpc) is 3.10. The van der Waals surface area contributed by atoms with Crippen LogP contribution < -0.4 is 16.6 Å². The zero-order chi connectivity index (χ0) is 28.4. The molecule has 0 bridgehead atoms. The van der Waals surface area contributed by atoms with Crippen LogP contribution in [0.3, 0.4) is 0 Å². The Labute approximate surface area is 248 Å². The fourth-order valence-corrected chi connectivity index (χ4v) is 5.75. The van der Waals surface area contributed by atoms with Crippen molar-refractivity contribution < 1.29 is 103 Å². The molecule has 226 valence electrons. The molecule has 2 aliphatic rings. The van der Waals surface area contributed by atoms with Gasteiger partial charge in [0.15, 0.2) is 12.5 Å². The van der Waals surface area contributed by atoms with Gasteiger partial charge < -0.3 is 62.3 Å². The van der Waals surface area contributed by atoms with Gasteiger partial charge in [-0.05, 0) is 0 Å². The topological polar surface area (TPSA) is 306 Å². The summed E-state index contributed by atoms with van der Waals surface area (Å²) in [6.07, 6.45) is -12.0. The van der Waals surface area contributed by atoms with Gasteiger partial charge in [-0.3, -0.25) is 23.4 Å². The molecule has 3 rings (SSSR count). The third-order valence-electron chi connectivity index (χ3n) is 5.41. The zero-order valence-corrected chi connectivity index (χ0v) is 26.3. The van der Waals surface area contributed by atoms with Crippen LogP contribution in [0, 0.1) is 38.5 Å². The van der Waals surface area contributed by atoms with Gasteiger partial charge >= 0.3 is 52.4 Å². The van der Waals surface area contributed by atoms with Gasteiger partial charge in [-0.25, -0.2) is 13.9 Å². The molecule has 0 saturated carbocycles. The number of carbonyl (C=O) groups excluding carboxylic acids is 1. The maximum absolute atomic E-state index is 12.3. The molecule has 0 spiro atoms. The Bertz CT molecular complexity index is 1200. The van der Waals surface area contributed by atoms with Gasteiger partial charge in [0.25, 0.3) is 5.56 Å². The number of hydrogen-bond acceptors (Lipinski definition) is 15. The van der Waals surface area contributed by atoms with Crippen molar-refractivity contribution in [3.8, 4) is 0 Å². The molecule has 2 fully saturated rings. The number of aromatic amines is 1. The molecule has 40 heavy (non-hydrogen) atoms. The summed E-state index contributed by atoms with van der Waals surface area (Å²) >= 11 is 0. The summed E-state index contributed by atoms with van der Waals surface area (Å²) in [5.74, 6) is 0. The van der Waals surface area contributed by atoms with Crippen LogP contribution in [0.2, 0.25) is 0 Å². The summed E-state index contributed by atoms with van der Waals surface area (Å²) in [5.41, 5.74) is -1.76. The number of nitrogens with one attached hydrogen (secondary N) is 2. The number of nitrogens with zero attached hydrogens (tertiary/aromatic N) is 1. The second kappa shape index (κ2) is 15.1. The number of ether oxygens (including phenoxy) is 2. The molecular weight excluding hydrogens is 818 g/mol. The maximum atomic E-state index is 12.3. The molecule has 20 nitrogen and oxygen atoms in total. The molecule has 7 unspecified atom stereocenters. The van der Waals surface area contributed by atoms with Gasteiger partial charge in [0.05, 0.1) is 19.3 Å². The molecule has 1 aromatic heterocycles. The van der Waals surface area contributed by atoms with E-state index in [4.69, 9.17) is 9.47 Å². The van der Waals surface area contributed by atoms with Crippen LogP contribution in [0.15, 0.2) is 21.9 Å². The molecule has 11 atom stereocenters. The van der Waals surface area contributed by atoms with E-state index in [2.05, 4.69) is 13.4 Å². The second-order valence-corrected chi connectivity index (χ2v) is 11.0. The van der Waals surface area contributed by atoms with Crippen LogP contribution in [0.4, 0.5) is 0 Å². The van der Waals surface area contributed by atoms with Crippen LogP contribution in [0.1, 0.15) is 6.23 Å². The number of hydrogen-bond donors (Lipinski definition) is 9. The number of H-pyrrole nitrogens is 1. The van der Waals surface area contributed by atoms with E-state index in [9.17, 15) is 58.8 Å². The van der Waals surface area contributed by atoms with E-state index in [1.54, 1.807) is 0 Å². The van der Waals surface area contributed by atoms with Crippen molar-refractivity contribution >= 4 is 22.1 Å². The Morgan fingerprint density at radius 3 is 2.23 bits per heavy atom. The first kappa shape index (κ1) is 37.2. The number of aliphatic hydroxyl groups is 5. The minimum Gasteiger partial charge on any atom is -0.521 e. The van der Waals surface area contributed by atoms with Crippen molar-refractivity contribution in [2.45, 2.75) is 55.2 Å². The first-order valence-electron chi connectivity index (χ1n) is 10.5. The summed E-state index contributed by atoms with van der Waals surface area (Å²) in [7, 11) is -11.1. The number of aromatic nitrogens is 2. The number of amides is 1. The van der Waals surface area contributed by atoms with Crippen molar-refractivity contribution in [2.75, 3.05) is 13.2 Å². The van der Waals surface area contributed by atoms with Gasteiger partial charge in [-0.2, -0.15) is 10.7 Å². The summed E-state index contributed by atoms with van der Waals surface area (Å²) in [6.45, 7) is -1.95. The second-order valence-electron chi connectivity index (χ2n) is 7.96. The largest absolute Gasteiger partial charge is 2.00 e. The Morgan fingerprint density at radius 2 is 1.65 bits per heavy atom. The standard InChI is InChI=1S/C16H24N3O17P2.CH3.U/c20-3-6-10(23)12(25)9(17-5-21)15(34-6)35-38(30,31)36-37(28,29)32-4-7-11(24)13(26)14(33-7)19-2-1-8(22)18-16(19)27;;/h1-2,6-7,9-15,20,23-26H,3-4H2,(H,17,21)(H,28,29)(H,30,31)(H,18,22,27);1H3;/q2*-1;+2/t6?,7-,9?,10+,11?,12?,13?,14-,15-;;/m1../s1. The van der Waals surface area contributed by atoms with E-state index in [0.717, 1.165) is 23.2 Å². The molecule has 1 aromatic rings. The summed E-state index contributed by atoms with van der Waals surface area (Å²) in [5, 5.41) is 51.3. The van der Waals surface area contributed by atoms with E-state index >= 15 is 0 Å². The van der Waals surface area contributed by atoms with E-state index in [1.165, 1.54) is 0 Å². The van der Waals surface area contributed by atoms with E-state index < -0.39 is 95.3 Å². The summed E-state index contributed by atoms with van der Waals surface area (Å²) in [4.78, 5) is 55.5. The number of rotatable bonds is 11. The molecule has 3 heterocycles. The fraction of sp³-hybridized carbons (Fsp3) is 0.647. The number of phosphoric ester groups is 2. The van der Waals surface area contributed by atoms with Crippen molar-refractivity contribution in [1.82, 2.24) is 14.9 Å². The minimum atomic E-state index is -5.63. The minimum absolute atomic E-state index is 0. The van der Waals surface area contributed by atoms with Gasteiger partial charge in [0.1, 0.15) is 36.6 Å². The van der Waals surface area contributed by atoms with Crippen molar-refractivity contribution in [1.29, 1.82) is 0 Å². The van der Waals surface area contributed by atoms with Crippen LogP contribution >= 0.6 is 15.6 Å². The normalized spacial score (nSPS) is 34.9. The molecule has 2 saturated heterocycles. The van der Waals surface area contributed by atoms with Crippen molar-refractivity contribution in [3.63, 3.8) is 0 Å². The molecule has 0 aliphatic carbocycles. The maximum Gasteiger partial charge on any atom is 2.00 e. The third kappa shape index (κ3) is 8.85. The van der Waals surface area contributed by atoms with Gasteiger partial charge in [0.2, 0.25) is 0 Å². The quantitative estimate of drug-likeness (QED) is 0.0575. The SMILES string of the molecule is O=[C-]NC1C(O)[C@@H](O)C(CO)O[C@@H]1OP(=O)(O)OP(=O)(O)OC[C@H]1O[C@@H](n2ccc(=O)[nH]c2=O)C(O)C1O.[CH3-].[U+2]. The van der Waals surface area contributed by atoms with Crippen LogP contribution in [0.5, 0.6) is 0 Å². The average molecular weight is 845 g/mol. The first-order valence-corrected chi connectivity index (χ1v) is 13.5. The van der Waals surface area contributed by atoms with Crippen LogP contribution in [0.25, 0.3) is 0 Å².